The summed E-state index contributed by atoms with van der Waals surface area (Å²) in [6, 6.07) is 15.5. The van der Waals surface area contributed by atoms with Crippen LogP contribution in [0.5, 0.6) is 0 Å². The summed E-state index contributed by atoms with van der Waals surface area (Å²) in [5.41, 5.74) is 1.29. The summed E-state index contributed by atoms with van der Waals surface area (Å²) in [5.74, 6) is -1.11. The molecule has 0 heterocycles. The fourth-order valence-electron chi connectivity index (χ4n) is 2.17. The van der Waals surface area contributed by atoms with Crippen LogP contribution in [0.3, 0.4) is 0 Å². The Morgan fingerprint density at radius 2 is 1.65 bits per heavy atom. The summed E-state index contributed by atoms with van der Waals surface area (Å²) in [6.45, 7) is 1.73. The van der Waals surface area contributed by atoms with E-state index in [0.717, 1.165) is 5.56 Å². The largest absolute Gasteiger partial charge is 0.348 e. The number of carbonyl (C=O) groups excluding carboxylic acids is 2. The molecule has 120 valence electrons. The predicted octanol–water partition coefficient (Wildman–Crippen LogP) is 2.36. The first-order valence-electron chi connectivity index (χ1n) is 7.40. The van der Waals surface area contributed by atoms with Gasteiger partial charge in [-0.25, -0.2) is 4.39 Å². The lowest BCUT2D eigenvalue weighted by Gasteiger charge is -2.14. The van der Waals surface area contributed by atoms with E-state index in [9.17, 15) is 14.0 Å². The zero-order chi connectivity index (χ0) is 16.7. The third kappa shape index (κ3) is 5.21. The monoisotopic (exact) mass is 314 g/mol. The van der Waals surface area contributed by atoms with Gasteiger partial charge in [0.25, 0.3) is 0 Å². The van der Waals surface area contributed by atoms with E-state index in [1.807, 2.05) is 37.3 Å². The Bertz CT molecular complexity index is 674. The lowest BCUT2D eigenvalue weighted by atomic mass is 10.1. The van der Waals surface area contributed by atoms with Gasteiger partial charge in [-0.15, -0.1) is 0 Å². The lowest BCUT2D eigenvalue weighted by molar-refractivity contribution is -0.126. The number of rotatable bonds is 6. The number of benzene rings is 2. The zero-order valence-corrected chi connectivity index (χ0v) is 12.9. The molecule has 1 atom stereocenters. The van der Waals surface area contributed by atoms with E-state index in [2.05, 4.69) is 10.6 Å². The minimum absolute atomic E-state index is 0.0891. The molecule has 2 rings (SSSR count). The Morgan fingerprint density at radius 1 is 1.00 bits per heavy atom. The maximum atomic E-state index is 13.4. The third-order valence-corrected chi connectivity index (χ3v) is 3.43. The summed E-state index contributed by atoms with van der Waals surface area (Å²) in [5, 5.41) is 5.30. The number of carbonyl (C=O) groups is 2. The standard InChI is InChI=1S/C18H19FN2O2/c1-13(14-7-3-2-4-8-14)21-18(23)12-20-17(22)11-15-9-5-6-10-16(15)19/h2-10,13H,11-12H2,1H3,(H,20,22)(H,21,23). The quantitative estimate of drug-likeness (QED) is 0.860. The van der Waals surface area contributed by atoms with Crippen molar-refractivity contribution in [2.75, 3.05) is 6.54 Å². The van der Waals surface area contributed by atoms with Crippen molar-refractivity contribution >= 4 is 11.8 Å². The Balaban J connectivity index is 1.78. The maximum absolute atomic E-state index is 13.4. The lowest BCUT2D eigenvalue weighted by Crippen LogP contribution is -2.38. The molecule has 2 aromatic carbocycles. The van der Waals surface area contributed by atoms with Gasteiger partial charge in [0.05, 0.1) is 19.0 Å². The first kappa shape index (κ1) is 16.7. The molecular formula is C18H19FN2O2. The summed E-state index contributed by atoms with van der Waals surface area (Å²) >= 11 is 0. The molecule has 0 bridgehead atoms. The Labute approximate surface area is 134 Å². The molecule has 0 aliphatic rings. The van der Waals surface area contributed by atoms with Crippen LogP contribution in [0.1, 0.15) is 24.1 Å². The molecule has 4 nitrogen and oxygen atoms in total. The molecule has 0 aliphatic heterocycles. The molecule has 23 heavy (non-hydrogen) atoms. The summed E-state index contributed by atoms with van der Waals surface area (Å²) in [7, 11) is 0. The molecule has 1 unspecified atom stereocenters. The minimum Gasteiger partial charge on any atom is -0.348 e. The molecule has 0 saturated carbocycles. The molecule has 2 aromatic rings. The highest BCUT2D eigenvalue weighted by Gasteiger charge is 2.11. The van der Waals surface area contributed by atoms with Gasteiger partial charge in [-0.2, -0.15) is 0 Å². The van der Waals surface area contributed by atoms with Crippen molar-refractivity contribution in [2.45, 2.75) is 19.4 Å². The van der Waals surface area contributed by atoms with E-state index in [-0.39, 0.29) is 24.9 Å². The third-order valence-electron chi connectivity index (χ3n) is 3.43. The normalized spacial score (nSPS) is 11.6. The van der Waals surface area contributed by atoms with Crippen molar-refractivity contribution in [1.29, 1.82) is 0 Å². The molecular weight excluding hydrogens is 295 g/mol. The van der Waals surface area contributed by atoms with Crippen LogP contribution in [-0.4, -0.2) is 18.4 Å². The minimum atomic E-state index is -0.426. The van der Waals surface area contributed by atoms with Gasteiger partial charge in [-0.05, 0) is 24.1 Å². The predicted molar refractivity (Wildman–Crippen MR) is 86.1 cm³/mol. The topological polar surface area (TPSA) is 58.2 Å². The molecule has 2 N–H and O–H groups in total. The van der Waals surface area contributed by atoms with Gasteiger partial charge < -0.3 is 10.6 Å². The van der Waals surface area contributed by atoms with E-state index in [4.69, 9.17) is 0 Å². The molecule has 0 radical (unpaired) electrons. The summed E-state index contributed by atoms with van der Waals surface area (Å²) < 4.78 is 13.4. The van der Waals surface area contributed by atoms with Crippen LogP contribution < -0.4 is 10.6 Å². The van der Waals surface area contributed by atoms with Gasteiger partial charge in [-0.3, -0.25) is 9.59 Å². The fourth-order valence-corrected chi connectivity index (χ4v) is 2.17. The Morgan fingerprint density at radius 3 is 2.35 bits per heavy atom. The van der Waals surface area contributed by atoms with Crippen molar-refractivity contribution in [2.24, 2.45) is 0 Å². The summed E-state index contributed by atoms with van der Waals surface area (Å²) in [6.07, 6.45) is -0.0891. The van der Waals surface area contributed by atoms with Crippen LogP contribution in [-0.2, 0) is 16.0 Å². The van der Waals surface area contributed by atoms with Gasteiger partial charge in [0.2, 0.25) is 11.8 Å². The van der Waals surface area contributed by atoms with Gasteiger partial charge in [0.15, 0.2) is 0 Å². The number of amides is 2. The molecule has 2 amide bonds. The number of hydrogen-bond donors (Lipinski definition) is 2. The van der Waals surface area contributed by atoms with E-state index in [1.165, 1.54) is 6.07 Å². The highest BCUT2D eigenvalue weighted by Crippen LogP contribution is 2.10. The first-order chi connectivity index (χ1) is 11.1. The smallest absolute Gasteiger partial charge is 0.239 e. The molecule has 0 aromatic heterocycles. The van der Waals surface area contributed by atoms with Crippen molar-refractivity contribution in [3.63, 3.8) is 0 Å². The highest BCUT2D eigenvalue weighted by molar-refractivity contribution is 5.85. The number of hydrogen-bond acceptors (Lipinski definition) is 2. The van der Waals surface area contributed by atoms with Crippen LogP contribution in [0, 0.1) is 5.82 Å². The van der Waals surface area contributed by atoms with E-state index < -0.39 is 11.7 Å². The number of nitrogens with one attached hydrogen (secondary N) is 2. The van der Waals surface area contributed by atoms with Crippen LogP contribution in [0.4, 0.5) is 4.39 Å². The molecule has 0 aliphatic carbocycles. The van der Waals surface area contributed by atoms with Crippen molar-refractivity contribution < 1.29 is 14.0 Å². The second kappa shape index (κ2) is 8.08. The van der Waals surface area contributed by atoms with Crippen LogP contribution >= 0.6 is 0 Å². The van der Waals surface area contributed by atoms with Gasteiger partial charge in [-0.1, -0.05) is 48.5 Å². The molecule has 0 saturated heterocycles. The zero-order valence-electron chi connectivity index (χ0n) is 12.9. The Hall–Kier alpha value is -2.69. The van der Waals surface area contributed by atoms with Crippen molar-refractivity contribution in [3.8, 4) is 0 Å². The van der Waals surface area contributed by atoms with Gasteiger partial charge in [0, 0.05) is 0 Å². The van der Waals surface area contributed by atoms with Crippen molar-refractivity contribution in [3.05, 3.63) is 71.5 Å². The average Bonchev–Trinajstić information content (AvgIpc) is 2.56. The maximum Gasteiger partial charge on any atom is 0.239 e. The summed E-state index contributed by atoms with van der Waals surface area (Å²) in [4.78, 5) is 23.6. The first-order valence-corrected chi connectivity index (χ1v) is 7.40. The SMILES string of the molecule is CC(NC(=O)CNC(=O)Cc1ccccc1F)c1ccccc1. The molecule has 0 spiro atoms. The second-order valence-electron chi connectivity index (χ2n) is 5.24. The average molecular weight is 314 g/mol. The van der Waals surface area contributed by atoms with E-state index in [0.29, 0.717) is 5.56 Å². The van der Waals surface area contributed by atoms with Crippen LogP contribution in [0.15, 0.2) is 54.6 Å². The fraction of sp³-hybridized carbons (Fsp3) is 0.222. The molecule has 5 heteroatoms. The highest BCUT2D eigenvalue weighted by atomic mass is 19.1. The second-order valence-corrected chi connectivity index (χ2v) is 5.24. The van der Waals surface area contributed by atoms with Gasteiger partial charge >= 0.3 is 0 Å². The van der Waals surface area contributed by atoms with E-state index in [1.54, 1.807) is 18.2 Å². The van der Waals surface area contributed by atoms with E-state index >= 15 is 0 Å². The number of halogens is 1. The van der Waals surface area contributed by atoms with Crippen LogP contribution in [0.25, 0.3) is 0 Å². The van der Waals surface area contributed by atoms with Crippen LogP contribution in [0.2, 0.25) is 0 Å². The molecule has 0 fully saturated rings. The Kier molecular flexibility index (Phi) is 5.86. The van der Waals surface area contributed by atoms with Gasteiger partial charge in [0.1, 0.15) is 5.82 Å². The van der Waals surface area contributed by atoms with Crippen molar-refractivity contribution in [1.82, 2.24) is 10.6 Å².